The molecule has 0 aliphatic heterocycles. The zero-order chi connectivity index (χ0) is 13.9. The summed E-state index contributed by atoms with van der Waals surface area (Å²) in [6, 6.07) is 14.5. The maximum atomic E-state index is 6.24. The van der Waals surface area contributed by atoms with Crippen LogP contribution in [0.4, 0.5) is 0 Å². The molecule has 2 aromatic rings. The summed E-state index contributed by atoms with van der Waals surface area (Å²) in [5.74, 6) is 0. The Morgan fingerprint density at radius 2 is 2.05 bits per heavy atom. The first-order valence-electron chi connectivity index (χ1n) is 6.87. The molecule has 1 atom stereocenters. The van der Waals surface area contributed by atoms with Crippen molar-refractivity contribution in [3.05, 3.63) is 68.7 Å². The molecule has 104 valence electrons. The predicted octanol–water partition coefficient (Wildman–Crippen LogP) is 5.70. The van der Waals surface area contributed by atoms with E-state index in [1.165, 1.54) is 17.5 Å². The standard InChI is InChI=1S/C17H16BrClO/c18-14-9-8-13(16(19)10-14)11-20-17-7-3-5-12-4-1-2-6-15(12)17/h1-2,4,6,8-10,17H,3,5,7,11H2. The number of halogens is 2. The van der Waals surface area contributed by atoms with Gasteiger partial charge in [-0.3, -0.25) is 0 Å². The van der Waals surface area contributed by atoms with Gasteiger partial charge in [0.2, 0.25) is 0 Å². The SMILES string of the molecule is Clc1cc(Br)ccc1COC1CCCc2ccccc21. The summed E-state index contributed by atoms with van der Waals surface area (Å²) >= 11 is 9.66. The molecule has 0 spiro atoms. The molecular formula is C17H16BrClO. The van der Waals surface area contributed by atoms with Gasteiger partial charge in [-0.1, -0.05) is 57.9 Å². The molecule has 1 nitrogen and oxygen atoms in total. The van der Waals surface area contributed by atoms with Gasteiger partial charge in [0.05, 0.1) is 12.7 Å². The second-order valence-electron chi connectivity index (χ2n) is 5.13. The summed E-state index contributed by atoms with van der Waals surface area (Å²) in [7, 11) is 0. The topological polar surface area (TPSA) is 9.23 Å². The number of rotatable bonds is 3. The third-order valence-electron chi connectivity index (χ3n) is 3.77. The smallest absolute Gasteiger partial charge is 0.0832 e. The fourth-order valence-electron chi connectivity index (χ4n) is 2.71. The fraction of sp³-hybridized carbons (Fsp3) is 0.294. The molecule has 3 rings (SSSR count). The van der Waals surface area contributed by atoms with Crippen LogP contribution in [0.2, 0.25) is 5.02 Å². The lowest BCUT2D eigenvalue weighted by Gasteiger charge is -2.25. The quantitative estimate of drug-likeness (QED) is 0.689. The molecule has 3 heteroatoms. The molecule has 0 heterocycles. The van der Waals surface area contributed by atoms with Gasteiger partial charge < -0.3 is 4.74 Å². The highest BCUT2D eigenvalue weighted by atomic mass is 79.9. The molecule has 1 aliphatic rings. The lowest BCUT2D eigenvalue weighted by Crippen LogP contribution is -2.12. The highest BCUT2D eigenvalue weighted by molar-refractivity contribution is 9.10. The Morgan fingerprint density at radius 3 is 2.90 bits per heavy atom. The summed E-state index contributed by atoms with van der Waals surface area (Å²) in [5.41, 5.74) is 3.80. The van der Waals surface area contributed by atoms with E-state index < -0.39 is 0 Å². The van der Waals surface area contributed by atoms with E-state index in [1.54, 1.807) is 0 Å². The Hall–Kier alpha value is -0.830. The van der Waals surface area contributed by atoms with Crippen molar-refractivity contribution in [2.75, 3.05) is 0 Å². The predicted molar refractivity (Wildman–Crippen MR) is 86.1 cm³/mol. The van der Waals surface area contributed by atoms with E-state index in [0.717, 1.165) is 27.9 Å². The Kier molecular flexibility index (Phi) is 4.45. The molecular weight excluding hydrogens is 336 g/mol. The Bertz CT molecular complexity index is 612. The van der Waals surface area contributed by atoms with Gasteiger partial charge in [-0.25, -0.2) is 0 Å². The van der Waals surface area contributed by atoms with Crippen LogP contribution in [-0.2, 0) is 17.8 Å². The number of ether oxygens (including phenoxy) is 1. The van der Waals surface area contributed by atoms with E-state index in [2.05, 4.69) is 40.2 Å². The minimum Gasteiger partial charge on any atom is -0.369 e. The van der Waals surface area contributed by atoms with Gasteiger partial charge >= 0.3 is 0 Å². The largest absolute Gasteiger partial charge is 0.369 e. The first kappa shape index (κ1) is 14.1. The number of hydrogen-bond acceptors (Lipinski definition) is 1. The maximum absolute atomic E-state index is 6.24. The molecule has 20 heavy (non-hydrogen) atoms. The van der Waals surface area contributed by atoms with Gasteiger partial charge in [-0.15, -0.1) is 0 Å². The van der Waals surface area contributed by atoms with Crippen molar-refractivity contribution in [1.29, 1.82) is 0 Å². The van der Waals surface area contributed by atoms with Gasteiger partial charge in [0, 0.05) is 9.50 Å². The Labute approximate surface area is 133 Å². The minimum atomic E-state index is 0.194. The third kappa shape index (κ3) is 3.08. The first-order chi connectivity index (χ1) is 9.74. The zero-order valence-corrected chi connectivity index (χ0v) is 13.5. The van der Waals surface area contributed by atoms with Crippen LogP contribution in [-0.4, -0.2) is 0 Å². The lowest BCUT2D eigenvalue weighted by atomic mass is 9.89. The summed E-state index contributed by atoms with van der Waals surface area (Å²) in [6.45, 7) is 0.561. The molecule has 0 saturated carbocycles. The van der Waals surface area contributed by atoms with Gasteiger partial charge in [-0.2, -0.15) is 0 Å². The van der Waals surface area contributed by atoms with Gasteiger partial charge in [-0.05, 0) is 48.1 Å². The molecule has 0 aromatic heterocycles. The van der Waals surface area contributed by atoms with E-state index >= 15 is 0 Å². The minimum absolute atomic E-state index is 0.194. The highest BCUT2D eigenvalue weighted by Gasteiger charge is 2.20. The summed E-state index contributed by atoms with van der Waals surface area (Å²) in [4.78, 5) is 0. The monoisotopic (exact) mass is 350 g/mol. The van der Waals surface area contributed by atoms with E-state index in [1.807, 2.05) is 18.2 Å². The molecule has 0 amide bonds. The summed E-state index contributed by atoms with van der Waals surface area (Å²) in [5, 5.41) is 0.753. The molecule has 2 aromatic carbocycles. The van der Waals surface area contributed by atoms with Crippen molar-refractivity contribution >= 4 is 27.5 Å². The van der Waals surface area contributed by atoms with Gasteiger partial charge in [0.1, 0.15) is 0 Å². The van der Waals surface area contributed by atoms with Crippen LogP contribution in [0, 0.1) is 0 Å². The van der Waals surface area contributed by atoms with Gasteiger partial charge in [0.25, 0.3) is 0 Å². The van der Waals surface area contributed by atoms with Crippen LogP contribution in [0.25, 0.3) is 0 Å². The van der Waals surface area contributed by atoms with Crippen LogP contribution < -0.4 is 0 Å². The van der Waals surface area contributed by atoms with Crippen LogP contribution in [0.5, 0.6) is 0 Å². The van der Waals surface area contributed by atoms with Crippen LogP contribution in [0.15, 0.2) is 46.9 Å². The van der Waals surface area contributed by atoms with E-state index in [4.69, 9.17) is 16.3 Å². The van der Waals surface area contributed by atoms with E-state index in [-0.39, 0.29) is 6.10 Å². The summed E-state index contributed by atoms with van der Waals surface area (Å²) < 4.78 is 7.11. The molecule has 1 aliphatic carbocycles. The number of aryl methyl sites for hydroxylation is 1. The van der Waals surface area contributed by atoms with E-state index in [9.17, 15) is 0 Å². The average molecular weight is 352 g/mol. The average Bonchev–Trinajstić information content (AvgIpc) is 2.46. The summed E-state index contributed by atoms with van der Waals surface area (Å²) in [6.07, 6.45) is 3.63. The normalized spacial score (nSPS) is 17.8. The highest BCUT2D eigenvalue weighted by Crippen LogP contribution is 2.33. The number of fused-ring (bicyclic) bond motifs is 1. The van der Waals surface area contributed by atoms with Crippen molar-refractivity contribution in [2.24, 2.45) is 0 Å². The fourth-order valence-corrected chi connectivity index (χ4v) is 3.44. The van der Waals surface area contributed by atoms with Crippen molar-refractivity contribution in [1.82, 2.24) is 0 Å². The maximum Gasteiger partial charge on any atom is 0.0832 e. The van der Waals surface area contributed by atoms with Crippen molar-refractivity contribution in [3.8, 4) is 0 Å². The van der Waals surface area contributed by atoms with E-state index in [0.29, 0.717) is 6.61 Å². The Balaban J connectivity index is 1.73. The molecule has 0 bridgehead atoms. The number of benzene rings is 2. The third-order valence-corrected chi connectivity index (χ3v) is 4.61. The second-order valence-corrected chi connectivity index (χ2v) is 6.45. The number of hydrogen-bond donors (Lipinski definition) is 0. The van der Waals surface area contributed by atoms with Crippen molar-refractivity contribution in [3.63, 3.8) is 0 Å². The first-order valence-corrected chi connectivity index (χ1v) is 8.04. The molecule has 1 unspecified atom stereocenters. The van der Waals surface area contributed by atoms with Crippen LogP contribution in [0.3, 0.4) is 0 Å². The van der Waals surface area contributed by atoms with Crippen LogP contribution >= 0.6 is 27.5 Å². The lowest BCUT2D eigenvalue weighted by molar-refractivity contribution is 0.0283. The van der Waals surface area contributed by atoms with Gasteiger partial charge in [0.15, 0.2) is 0 Å². The molecule has 0 radical (unpaired) electrons. The van der Waals surface area contributed by atoms with Crippen LogP contribution in [0.1, 0.15) is 35.6 Å². The van der Waals surface area contributed by atoms with Crippen molar-refractivity contribution < 1.29 is 4.74 Å². The van der Waals surface area contributed by atoms with Crippen molar-refractivity contribution in [2.45, 2.75) is 32.0 Å². The Morgan fingerprint density at radius 1 is 1.20 bits per heavy atom. The zero-order valence-electron chi connectivity index (χ0n) is 11.1. The molecule has 0 saturated heterocycles. The molecule has 0 N–H and O–H groups in total. The molecule has 0 fully saturated rings. The second kappa shape index (κ2) is 6.30.